The summed E-state index contributed by atoms with van der Waals surface area (Å²) >= 11 is 0. The second-order valence-electron chi connectivity index (χ2n) is 10.1. The maximum absolute atomic E-state index is 6.56. The van der Waals surface area contributed by atoms with Gasteiger partial charge in [-0.1, -0.05) is 25.0 Å². The Morgan fingerprint density at radius 2 is 1.28 bits per heavy atom. The van der Waals surface area contributed by atoms with Crippen molar-refractivity contribution in [2.24, 2.45) is 0 Å². The van der Waals surface area contributed by atoms with E-state index in [2.05, 4.69) is 0 Å². The zero-order chi connectivity index (χ0) is 21.6. The molecule has 8 heteroatoms. The molecule has 6 rings (SSSR count). The summed E-state index contributed by atoms with van der Waals surface area (Å²) in [6, 6.07) is 7.70. The number of nitrogens with two attached hydrogens (primary N) is 1. The van der Waals surface area contributed by atoms with Gasteiger partial charge in [-0.05, 0) is 43.3 Å². The predicted molar refractivity (Wildman–Crippen MR) is 119 cm³/mol. The Bertz CT molecular complexity index is 767. The summed E-state index contributed by atoms with van der Waals surface area (Å²) in [6.07, 6.45) is 9.95. The van der Waals surface area contributed by atoms with Gasteiger partial charge in [-0.2, -0.15) is 0 Å². The van der Waals surface area contributed by atoms with Crippen molar-refractivity contribution >= 4 is 18.3 Å². The molecule has 3 saturated heterocycles. The average Bonchev–Trinajstić information content (AvgIpc) is 3.53. The van der Waals surface area contributed by atoms with Crippen molar-refractivity contribution in [3.05, 3.63) is 24.3 Å². The predicted octanol–water partition coefficient (Wildman–Crippen LogP) is 2.90. The molecule has 32 heavy (non-hydrogen) atoms. The minimum atomic E-state index is -0.508. The molecule has 5 fully saturated rings. The van der Waals surface area contributed by atoms with Gasteiger partial charge in [0.25, 0.3) is 0 Å². The number of anilines is 1. The first kappa shape index (κ1) is 21.4. The lowest BCUT2D eigenvalue weighted by molar-refractivity contribution is -0.206. The van der Waals surface area contributed by atoms with E-state index in [1.54, 1.807) is 0 Å². The molecular weight excluding hydrogens is 409 g/mol. The largest absolute Gasteiger partial charge is 0.494 e. The van der Waals surface area contributed by atoms with Gasteiger partial charge in [-0.15, -0.1) is 0 Å². The SMILES string of the molecule is Nc1cccc(B2O[C@H]([C@H]3COC4(CCCCC4)O3)[C@@H]([C@H]3COC4(CCCCC4)O3)O2)c1. The van der Waals surface area contributed by atoms with Gasteiger partial charge in [0.2, 0.25) is 0 Å². The Morgan fingerprint density at radius 1 is 0.750 bits per heavy atom. The summed E-state index contributed by atoms with van der Waals surface area (Å²) in [6.45, 7) is 1.04. The fourth-order valence-corrected chi connectivity index (χ4v) is 6.12. The lowest BCUT2D eigenvalue weighted by atomic mass is 9.79. The molecule has 0 aromatic heterocycles. The molecule has 4 atom stereocenters. The van der Waals surface area contributed by atoms with Crippen molar-refractivity contribution in [1.29, 1.82) is 0 Å². The van der Waals surface area contributed by atoms with E-state index in [4.69, 9.17) is 34.0 Å². The van der Waals surface area contributed by atoms with Crippen LogP contribution in [0.1, 0.15) is 64.2 Å². The van der Waals surface area contributed by atoms with Gasteiger partial charge in [-0.3, -0.25) is 0 Å². The standard InChI is InChI=1S/C24H34BNO6/c26-18-9-7-8-17(14-18)25-31-21(19-15-27-23(29-19)10-3-1-4-11-23)22(32-25)20-16-28-24(30-20)12-5-2-6-13-24/h7-9,14,19-22H,1-6,10-13,15-16,26H2/t19-,20-,21-,22-/m1/s1. The van der Waals surface area contributed by atoms with Gasteiger partial charge >= 0.3 is 7.12 Å². The third kappa shape index (κ3) is 3.99. The summed E-state index contributed by atoms with van der Waals surface area (Å²) in [5, 5.41) is 0. The van der Waals surface area contributed by atoms with Crippen molar-refractivity contribution in [2.75, 3.05) is 18.9 Å². The highest BCUT2D eigenvalue weighted by molar-refractivity contribution is 6.62. The molecule has 0 amide bonds. The molecule has 0 radical (unpaired) electrons. The number of ether oxygens (including phenoxy) is 4. The van der Waals surface area contributed by atoms with E-state index in [1.807, 2.05) is 24.3 Å². The van der Waals surface area contributed by atoms with Crippen LogP contribution in [0.3, 0.4) is 0 Å². The number of hydrogen-bond donors (Lipinski definition) is 1. The zero-order valence-corrected chi connectivity index (χ0v) is 18.7. The maximum atomic E-state index is 6.56. The molecule has 174 valence electrons. The Labute approximate surface area is 190 Å². The van der Waals surface area contributed by atoms with Gasteiger partial charge in [0.05, 0.1) is 25.4 Å². The van der Waals surface area contributed by atoms with E-state index in [-0.39, 0.29) is 24.4 Å². The first-order valence-electron chi connectivity index (χ1n) is 12.4. The highest BCUT2D eigenvalue weighted by atomic mass is 16.8. The van der Waals surface area contributed by atoms with Crippen LogP contribution in [0.5, 0.6) is 0 Å². The molecule has 2 aliphatic carbocycles. The summed E-state index contributed by atoms with van der Waals surface area (Å²) in [7, 11) is -0.508. The number of benzene rings is 1. The van der Waals surface area contributed by atoms with Gasteiger partial charge in [0.15, 0.2) is 11.6 Å². The quantitative estimate of drug-likeness (QED) is 0.568. The van der Waals surface area contributed by atoms with Gasteiger partial charge < -0.3 is 34.0 Å². The lowest BCUT2D eigenvalue weighted by Gasteiger charge is -2.34. The molecule has 3 aliphatic heterocycles. The van der Waals surface area contributed by atoms with Crippen molar-refractivity contribution in [3.63, 3.8) is 0 Å². The van der Waals surface area contributed by atoms with Crippen LogP contribution in [-0.2, 0) is 28.3 Å². The minimum Gasteiger partial charge on any atom is -0.399 e. The highest BCUT2D eigenvalue weighted by Gasteiger charge is 2.56. The molecular formula is C24H34BNO6. The highest BCUT2D eigenvalue weighted by Crippen LogP contribution is 2.43. The fourth-order valence-electron chi connectivity index (χ4n) is 6.12. The van der Waals surface area contributed by atoms with E-state index in [0.29, 0.717) is 18.9 Å². The van der Waals surface area contributed by atoms with Crippen molar-refractivity contribution in [1.82, 2.24) is 0 Å². The first-order chi connectivity index (χ1) is 15.6. The Balaban J connectivity index is 1.23. The summed E-state index contributed by atoms with van der Waals surface area (Å²) < 4.78 is 38.6. The van der Waals surface area contributed by atoms with Crippen LogP contribution in [0.2, 0.25) is 0 Å². The second kappa shape index (κ2) is 8.56. The van der Waals surface area contributed by atoms with Crippen LogP contribution in [0.15, 0.2) is 24.3 Å². The molecule has 1 aromatic rings. The molecule has 3 heterocycles. The van der Waals surface area contributed by atoms with Crippen LogP contribution in [-0.4, -0.2) is 56.3 Å². The van der Waals surface area contributed by atoms with Crippen molar-refractivity contribution in [2.45, 2.75) is 100 Å². The van der Waals surface area contributed by atoms with E-state index in [0.717, 1.165) is 56.8 Å². The van der Waals surface area contributed by atoms with Gasteiger partial charge in [0.1, 0.15) is 12.2 Å². The lowest BCUT2D eigenvalue weighted by Crippen LogP contribution is -2.46. The number of hydrogen-bond acceptors (Lipinski definition) is 7. The smallest absolute Gasteiger partial charge is 0.399 e. The molecule has 5 aliphatic rings. The van der Waals surface area contributed by atoms with E-state index < -0.39 is 18.7 Å². The van der Waals surface area contributed by atoms with Gasteiger partial charge in [0, 0.05) is 31.4 Å². The third-order valence-corrected chi connectivity index (χ3v) is 7.79. The van der Waals surface area contributed by atoms with Crippen molar-refractivity contribution < 1.29 is 28.3 Å². The third-order valence-electron chi connectivity index (χ3n) is 7.79. The van der Waals surface area contributed by atoms with E-state index in [9.17, 15) is 0 Å². The molecule has 1 aromatic carbocycles. The Hall–Kier alpha value is -1.16. The molecule has 2 spiro atoms. The number of rotatable bonds is 3. The van der Waals surface area contributed by atoms with E-state index >= 15 is 0 Å². The first-order valence-corrected chi connectivity index (χ1v) is 12.4. The topological polar surface area (TPSA) is 81.4 Å². The summed E-state index contributed by atoms with van der Waals surface area (Å²) in [4.78, 5) is 0. The Morgan fingerprint density at radius 3 is 1.78 bits per heavy atom. The molecule has 0 bridgehead atoms. The monoisotopic (exact) mass is 443 g/mol. The molecule has 7 nitrogen and oxygen atoms in total. The zero-order valence-electron chi connectivity index (χ0n) is 18.7. The van der Waals surface area contributed by atoms with Crippen LogP contribution < -0.4 is 11.2 Å². The van der Waals surface area contributed by atoms with Crippen molar-refractivity contribution in [3.8, 4) is 0 Å². The molecule has 2 N–H and O–H groups in total. The normalized spacial score (nSPS) is 36.3. The van der Waals surface area contributed by atoms with Crippen LogP contribution in [0, 0.1) is 0 Å². The maximum Gasteiger partial charge on any atom is 0.494 e. The summed E-state index contributed by atoms with van der Waals surface area (Å²) in [5.74, 6) is -0.909. The average molecular weight is 443 g/mol. The minimum absolute atomic E-state index is 0.185. The van der Waals surface area contributed by atoms with Crippen LogP contribution in [0.25, 0.3) is 0 Å². The second-order valence-corrected chi connectivity index (χ2v) is 10.1. The van der Waals surface area contributed by atoms with Crippen LogP contribution in [0.4, 0.5) is 5.69 Å². The van der Waals surface area contributed by atoms with Crippen LogP contribution >= 0.6 is 0 Å². The van der Waals surface area contributed by atoms with Gasteiger partial charge in [-0.25, -0.2) is 0 Å². The molecule has 0 unspecified atom stereocenters. The Kier molecular flexibility index (Phi) is 5.72. The fraction of sp³-hybridized carbons (Fsp3) is 0.750. The number of nitrogen functional groups attached to an aromatic ring is 1. The summed E-state index contributed by atoms with van der Waals surface area (Å²) in [5.41, 5.74) is 7.63. The van der Waals surface area contributed by atoms with E-state index in [1.165, 1.54) is 12.8 Å². The molecule has 2 saturated carbocycles.